The quantitative estimate of drug-likeness (QED) is 0.765. The number of nitrogens with two attached hydrogens (primary N) is 1. The van der Waals surface area contributed by atoms with E-state index in [1.807, 2.05) is 12.1 Å². The lowest BCUT2D eigenvalue weighted by Crippen LogP contribution is -2.27. The highest BCUT2D eigenvalue weighted by atomic mass is 35.5. The van der Waals surface area contributed by atoms with Crippen molar-refractivity contribution in [2.45, 2.75) is 12.0 Å². The van der Waals surface area contributed by atoms with Gasteiger partial charge in [0.25, 0.3) is 0 Å². The van der Waals surface area contributed by atoms with Crippen LogP contribution in [0.1, 0.15) is 11.5 Å². The van der Waals surface area contributed by atoms with E-state index in [0.29, 0.717) is 5.92 Å². The van der Waals surface area contributed by atoms with Crippen molar-refractivity contribution in [3.63, 3.8) is 0 Å². The average molecular weight is 211 g/mol. The first-order valence-corrected chi connectivity index (χ1v) is 5.24. The summed E-state index contributed by atoms with van der Waals surface area (Å²) < 4.78 is 0. The van der Waals surface area contributed by atoms with Gasteiger partial charge in [0.05, 0.1) is 0 Å². The molecule has 1 aliphatic rings. The summed E-state index contributed by atoms with van der Waals surface area (Å²) in [5.41, 5.74) is 7.36. The standard InChI is InChI=1S/C11H15ClN2/c1-14-6-10(11(13)7-14)8-2-4-9(12)5-3-8/h2-5,10-11H,6-7,13H2,1H3/t10-,11-/m0/s1. The Morgan fingerprint density at radius 1 is 1.29 bits per heavy atom. The normalized spacial score (nSPS) is 28.2. The van der Waals surface area contributed by atoms with Gasteiger partial charge < -0.3 is 10.6 Å². The molecule has 1 aliphatic heterocycles. The Hall–Kier alpha value is -0.570. The SMILES string of the molecule is CN1C[C@H](N)[C@H](c2ccc(Cl)cc2)C1. The van der Waals surface area contributed by atoms with Gasteiger partial charge in [-0.3, -0.25) is 0 Å². The molecule has 1 fully saturated rings. The summed E-state index contributed by atoms with van der Waals surface area (Å²) in [5, 5.41) is 0.786. The van der Waals surface area contributed by atoms with Gasteiger partial charge in [0.2, 0.25) is 0 Å². The van der Waals surface area contributed by atoms with Crippen LogP contribution in [0, 0.1) is 0 Å². The molecule has 3 heteroatoms. The zero-order valence-corrected chi connectivity index (χ0v) is 9.04. The molecule has 1 heterocycles. The van der Waals surface area contributed by atoms with E-state index in [1.165, 1.54) is 5.56 Å². The van der Waals surface area contributed by atoms with Crippen molar-refractivity contribution in [2.24, 2.45) is 5.73 Å². The molecule has 0 spiro atoms. The molecule has 2 N–H and O–H groups in total. The van der Waals surface area contributed by atoms with E-state index in [-0.39, 0.29) is 6.04 Å². The minimum absolute atomic E-state index is 0.251. The maximum atomic E-state index is 6.06. The van der Waals surface area contributed by atoms with Gasteiger partial charge in [-0.25, -0.2) is 0 Å². The summed E-state index contributed by atoms with van der Waals surface area (Å²) in [6.45, 7) is 2.02. The third-order valence-electron chi connectivity index (χ3n) is 2.85. The first-order valence-electron chi connectivity index (χ1n) is 4.86. The lowest BCUT2D eigenvalue weighted by atomic mass is 9.95. The molecule has 1 saturated heterocycles. The zero-order chi connectivity index (χ0) is 10.1. The van der Waals surface area contributed by atoms with Crippen LogP contribution >= 0.6 is 11.6 Å². The molecule has 0 unspecified atom stereocenters. The van der Waals surface area contributed by atoms with Crippen molar-refractivity contribution < 1.29 is 0 Å². The van der Waals surface area contributed by atoms with Crippen molar-refractivity contribution in [3.05, 3.63) is 34.9 Å². The Kier molecular flexibility index (Phi) is 2.77. The molecule has 0 amide bonds. The van der Waals surface area contributed by atoms with Crippen molar-refractivity contribution >= 4 is 11.6 Å². The number of hydrogen-bond donors (Lipinski definition) is 1. The van der Waals surface area contributed by atoms with Crippen molar-refractivity contribution in [3.8, 4) is 0 Å². The summed E-state index contributed by atoms with van der Waals surface area (Å²) >= 11 is 5.84. The molecule has 0 radical (unpaired) electrons. The molecule has 0 aromatic heterocycles. The predicted molar refractivity (Wildman–Crippen MR) is 59.7 cm³/mol. The van der Waals surface area contributed by atoms with Crippen molar-refractivity contribution in [1.82, 2.24) is 4.90 Å². The summed E-state index contributed by atoms with van der Waals surface area (Å²) in [6, 6.07) is 8.27. The van der Waals surface area contributed by atoms with E-state index in [2.05, 4.69) is 24.1 Å². The van der Waals surface area contributed by atoms with Gasteiger partial charge in [-0.05, 0) is 24.7 Å². The smallest absolute Gasteiger partial charge is 0.0406 e. The number of likely N-dealkylation sites (N-methyl/N-ethyl adjacent to an activating group) is 1. The minimum atomic E-state index is 0.251. The predicted octanol–water partition coefficient (Wildman–Crippen LogP) is 1.70. The summed E-state index contributed by atoms with van der Waals surface area (Å²) in [6.07, 6.45) is 0. The van der Waals surface area contributed by atoms with Crippen LogP contribution in [0.25, 0.3) is 0 Å². The molecule has 2 rings (SSSR count). The molecule has 2 atom stereocenters. The number of hydrogen-bond acceptors (Lipinski definition) is 2. The Bertz CT molecular complexity index is 310. The first kappa shape index (κ1) is 9.97. The monoisotopic (exact) mass is 210 g/mol. The Balaban J connectivity index is 2.19. The lowest BCUT2D eigenvalue weighted by molar-refractivity contribution is 0.407. The third-order valence-corrected chi connectivity index (χ3v) is 3.10. The molecule has 1 aromatic carbocycles. The maximum absolute atomic E-state index is 6.06. The molecular weight excluding hydrogens is 196 g/mol. The second-order valence-corrected chi connectivity index (χ2v) is 4.48. The molecule has 14 heavy (non-hydrogen) atoms. The largest absolute Gasteiger partial charge is 0.326 e. The Labute approximate surface area is 89.7 Å². The van der Waals surface area contributed by atoms with Crippen molar-refractivity contribution in [1.29, 1.82) is 0 Å². The van der Waals surface area contributed by atoms with Crippen LogP contribution in [0.3, 0.4) is 0 Å². The highest BCUT2D eigenvalue weighted by molar-refractivity contribution is 6.30. The van der Waals surface area contributed by atoms with Crippen LogP contribution in [0.5, 0.6) is 0 Å². The van der Waals surface area contributed by atoms with Crippen LogP contribution in [0.4, 0.5) is 0 Å². The van der Waals surface area contributed by atoms with Crippen LogP contribution in [-0.2, 0) is 0 Å². The molecule has 2 nitrogen and oxygen atoms in total. The van der Waals surface area contributed by atoms with E-state index in [1.54, 1.807) is 0 Å². The number of benzene rings is 1. The minimum Gasteiger partial charge on any atom is -0.326 e. The fraction of sp³-hybridized carbons (Fsp3) is 0.455. The lowest BCUT2D eigenvalue weighted by Gasteiger charge is -2.14. The van der Waals surface area contributed by atoms with E-state index < -0.39 is 0 Å². The number of likely N-dealkylation sites (tertiary alicyclic amines) is 1. The van der Waals surface area contributed by atoms with Crippen molar-refractivity contribution in [2.75, 3.05) is 20.1 Å². The zero-order valence-electron chi connectivity index (χ0n) is 8.28. The van der Waals surface area contributed by atoms with Gasteiger partial charge in [-0.15, -0.1) is 0 Å². The topological polar surface area (TPSA) is 29.3 Å². The van der Waals surface area contributed by atoms with Crippen LogP contribution in [0.15, 0.2) is 24.3 Å². The molecule has 76 valence electrons. The molecule has 1 aromatic rings. The van der Waals surface area contributed by atoms with Gasteiger partial charge in [0, 0.05) is 30.1 Å². The summed E-state index contributed by atoms with van der Waals surface area (Å²) in [5.74, 6) is 0.456. The number of rotatable bonds is 1. The van der Waals surface area contributed by atoms with Crippen LogP contribution in [-0.4, -0.2) is 31.1 Å². The van der Waals surface area contributed by atoms with Gasteiger partial charge >= 0.3 is 0 Å². The van der Waals surface area contributed by atoms with Gasteiger partial charge in [0.1, 0.15) is 0 Å². The van der Waals surface area contributed by atoms with Gasteiger partial charge in [-0.2, -0.15) is 0 Å². The third kappa shape index (κ3) is 1.92. The molecule has 0 bridgehead atoms. The number of halogens is 1. The second kappa shape index (κ2) is 3.89. The fourth-order valence-corrected chi connectivity index (χ4v) is 2.22. The van der Waals surface area contributed by atoms with Gasteiger partial charge in [0.15, 0.2) is 0 Å². The highest BCUT2D eigenvalue weighted by Gasteiger charge is 2.28. The van der Waals surface area contributed by atoms with E-state index in [4.69, 9.17) is 17.3 Å². The molecule has 0 aliphatic carbocycles. The maximum Gasteiger partial charge on any atom is 0.0406 e. The summed E-state index contributed by atoms with van der Waals surface area (Å²) in [7, 11) is 2.11. The van der Waals surface area contributed by atoms with E-state index in [9.17, 15) is 0 Å². The summed E-state index contributed by atoms with van der Waals surface area (Å²) in [4.78, 5) is 2.27. The average Bonchev–Trinajstić information content (AvgIpc) is 2.47. The second-order valence-electron chi connectivity index (χ2n) is 4.04. The van der Waals surface area contributed by atoms with E-state index >= 15 is 0 Å². The fourth-order valence-electron chi connectivity index (χ4n) is 2.10. The Morgan fingerprint density at radius 3 is 2.43 bits per heavy atom. The van der Waals surface area contributed by atoms with Crippen LogP contribution in [0.2, 0.25) is 5.02 Å². The first-order chi connectivity index (χ1) is 6.66. The van der Waals surface area contributed by atoms with Gasteiger partial charge in [-0.1, -0.05) is 23.7 Å². The highest BCUT2D eigenvalue weighted by Crippen LogP contribution is 2.26. The number of nitrogens with zero attached hydrogens (tertiary/aromatic N) is 1. The molecular formula is C11H15ClN2. The molecule has 0 saturated carbocycles. The Morgan fingerprint density at radius 2 is 1.93 bits per heavy atom. The van der Waals surface area contributed by atoms with Crippen LogP contribution < -0.4 is 5.73 Å². The van der Waals surface area contributed by atoms with E-state index in [0.717, 1.165) is 18.1 Å².